The second-order valence-electron chi connectivity index (χ2n) is 41.4. The van der Waals surface area contributed by atoms with Crippen LogP contribution in [0.15, 0.2) is 163 Å². The van der Waals surface area contributed by atoms with Crippen LogP contribution in [0.1, 0.15) is 266 Å². The van der Waals surface area contributed by atoms with E-state index in [1.807, 2.05) is 221 Å². The van der Waals surface area contributed by atoms with Crippen LogP contribution in [0, 0.1) is 62.2 Å². The molecule has 0 spiro atoms. The van der Waals surface area contributed by atoms with Crippen LogP contribution in [0.25, 0.3) is 0 Å². The smallest absolute Gasteiger partial charge is 0.344 e. The summed E-state index contributed by atoms with van der Waals surface area (Å²) in [5, 5.41) is 24.2. The molecule has 0 saturated carbocycles. The van der Waals surface area contributed by atoms with Crippen LogP contribution in [-0.2, 0) is 42.7 Å². The minimum atomic E-state index is -0.623. The van der Waals surface area contributed by atoms with Gasteiger partial charge in [0.05, 0.1) is 49.2 Å². The summed E-state index contributed by atoms with van der Waals surface area (Å²) in [4.78, 5) is 98.0. The first-order valence-corrected chi connectivity index (χ1v) is 52.4. The van der Waals surface area contributed by atoms with Gasteiger partial charge in [-0.25, -0.2) is 28.8 Å². The fraction of sp³-hybridized carbons (Fsp3) is 0.554. The largest absolute Gasteiger partial charge is 0.479 e. The van der Waals surface area contributed by atoms with Crippen molar-refractivity contribution in [2.75, 3.05) is 111 Å². The van der Waals surface area contributed by atoms with E-state index in [-0.39, 0.29) is 75.8 Å². The number of ether oxygens (including phenoxy) is 10. The van der Waals surface area contributed by atoms with Crippen molar-refractivity contribution in [1.82, 2.24) is 37.2 Å². The molecule has 0 aromatic heterocycles. The third kappa shape index (κ3) is 37.3. The van der Waals surface area contributed by atoms with Crippen LogP contribution in [0.5, 0.6) is 17.2 Å². The molecule has 26 nitrogen and oxygen atoms in total. The average molecular weight is 2040 g/mol. The van der Waals surface area contributed by atoms with Crippen LogP contribution in [0.4, 0.5) is 0 Å². The number of thioether (sulfide) groups is 1. The molecule has 9 N–H and O–H groups in total. The Morgan fingerprint density at radius 3 is 1.04 bits per heavy atom. The Morgan fingerprint density at radius 1 is 0.331 bits per heavy atom. The molecule has 8 aliphatic heterocycles. The van der Waals surface area contributed by atoms with E-state index < -0.39 is 51.5 Å². The first-order valence-electron chi connectivity index (χ1n) is 50.3. The van der Waals surface area contributed by atoms with Gasteiger partial charge in [-0.3, -0.25) is 9.59 Å². The van der Waals surface area contributed by atoms with Gasteiger partial charge in [0.15, 0.2) is 23.9 Å². The van der Waals surface area contributed by atoms with Gasteiger partial charge in [0, 0.05) is 51.3 Å². The molecule has 778 valence electrons. The molecule has 0 radical (unpaired) electrons. The SMILES string of the molecule is CC(C)(OC(=O)COc1c(Cl)cc(Cl)cc1Cl)C1CCNCC1.CC(C)(OC(=O)CSc1ccccc1)C1CCNCC1.CC(C)(OC(=O)c1ccc2c(c1)OCO2)C1CCNCC1.CC(C)(OC(=O)c1ccccc1C(N)=O)C1CCNCC1.Cc1ccc(C(=O)OC(C)(C)C2CCNCC2)cc1.Cc1cccc(C(=O)OC(C)(C)C2CCNCC2)c1.Cc1ccccc1C(=O)OC(C)(C)C1CCNCC1. The Hall–Kier alpha value is -9.36. The Morgan fingerprint density at radius 2 is 0.655 bits per heavy atom. The van der Waals surface area contributed by atoms with Crippen molar-refractivity contribution in [3.8, 4) is 17.2 Å². The summed E-state index contributed by atoms with van der Waals surface area (Å²) < 4.78 is 56.0. The Balaban J connectivity index is 0.000000185. The number of amides is 1. The van der Waals surface area contributed by atoms with E-state index in [9.17, 15) is 38.4 Å². The second-order valence-corrected chi connectivity index (χ2v) is 43.7. The molecule has 1 amide bonds. The highest BCUT2D eigenvalue weighted by molar-refractivity contribution is 8.00. The van der Waals surface area contributed by atoms with E-state index in [0.29, 0.717) is 86.0 Å². The highest BCUT2D eigenvalue weighted by Crippen LogP contribution is 2.41. The van der Waals surface area contributed by atoms with E-state index in [2.05, 4.69) is 37.2 Å². The third-order valence-corrected chi connectivity index (χ3v) is 29.9. The number of rotatable bonds is 26. The normalized spacial score (nSPS) is 17.1. The van der Waals surface area contributed by atoms with E-state index in [0.717, 1.165) is 203 Å². The van der Waals surface area contributed by atoms with Gasteiger partial charge in [0.2, 0.25) is 12.7 Å². The third-order valence-electron chi connectivity index (χ3n) is 28.1. The van der Waals surface area contributed by atoms with Crippen molar-refractivity contribution in [3.63, 3.8) is 0 Å². The molecule has 0 unspecified atom stereocenters. The summed E-state index contributed by atoms with van der Waals surface area (Å²) in [5.74, 6) is 2.01. The molecule has 30 heteroatoms. The van der Waals surface area contributed by atoms with Gasteiger partial charge < -0.3 is 90.3 Å². The molecule has 8 aliphatic rings. The zero-order chi connectivity index (χ0) is 103. The van der Waals surface area contributed by atoms with Gasteiger partial charge >= 0.3 is 41.8 Å². The Bertz CT molecular complexity index is 5170. The fourth-order valence-electron chi connectivity index (χ4n) is 19.0. The number of piperidine rings is 7. The molecule has 15 rings (SSSR count). The van der Waals surface area contributed by atoms with Crippen LogP contribution < -0.4 is 57.2 Å². The quantitative estimate of drug-likeness (QED) is 0.0142. The van der Waals surface area contributed by atoms with Crippen molar-refractivity contribution in [2.24, 2.45) is 47.2 Å². The van der Waals surface area contributed by atoms with Gasteiger partial charge in [0.25, 0.3) is 0 Å². The molecule has 0 aliphatic carbocycles. The molecule has 142 heavy (non-hydrogen) atoms. The minimum Gasteiger partial charge on any atom is -0.479 e. The molecular weight excluding hydrogens is 1880 g/mol. The molecule has 0 atom stereocenters. The fourth-order valence-corrected chi connectivity index (χ4v) is 20.6. The second kappa shape index (κ2) is 55.8. The van der Waals surface area contributed by atoms with Crippen LogP contribution in [0.3, 0.4) is 0 Å². The lowest BCUT2D eigenvalue weighted by Gasteiger charge is -2.36. The maximum absolute atomic E-state index is 12.4. The maximum Gasteiger partial charge on any atom is 0.344 e. The number of fused-ring (bicyclic) bond motifs is 1. The predicted molar refractivity (Wildman–Crippen MR) is 562 cm³/mol. The van der Waals surface area contributed by atoms with Crippen molar-refractivity contribution < 1.29 is 85.7 Å². The highest BCUT2D eigenvalue weighted by atomic mass is 35.5. The van der Waals surface area contributed by atoms with Crippen LogP contribution in [-0.4, -0.2) is 198 Å². The summed E-state index contributed by atoms with van der Waals surface area (Å²) in [6.07, 6.45) is 14.5. The van der Waals surface area contributed by atoms with Crippen molar-refractivity contribution in [1.29, 1.82) is 0 Å². The first-order chi connectivity index (χ1) is 67.3. The highest BCUT2D eigenvalue weighted by Gasteiger charge is 2.42. The summed E-state index contributed by atoms with van der Waals surface area (Å²) >= 11 is 19.4. The lowest BCUT2D eigenvalue weighted by atomic mass is 9.83. The van der Waals surface area contributed by atoms with Crippen LogP contribution in [0.2, 0.25) is 15.1 Å². The number of benzene rings is 7. The molecule has 7 saturated heterocycles. The standard InChI is InChI=1S/C16H20Cl3NO3.C16H22N2O3.C16H21NO4.C16H23NO2S.3C16H23NO2/c1-16(2,10-3-5-20-6-4-10)23-14(21)9-22-15-12(18)7-11(17)8-13(15)19;1-16(2,11-7-9-18-10-8-11)21-15(20)13-6-4-3-5-12(13)14(17)19;1-16(2,12-5-7-17-8-6-12)21-15(18)11-3-4-13-14(9-11)20-10-19-13;1-16(2,13-8-10-17-11-9-13)19-15(18)12-20-14-6-4-3-5-7-14;1-12-4-6-13(7-5-12)15(18)19-16(2,3)14-8-10-17-11-9-14;1-12-5-4-6-13(11-12)15(18)19-16(2,3)14-7-9-17-10-8-14;1-12-6-4-5-7-14(12)15(18)19-16(2,3)13-8-10-17-11-9-13/h7-8,10,20H,3-6,9H2,1-2H3;3-6,11,18H,7-10H2,1-2H3,(H2,17,19);3-4,9,12,17H,5-8,10H2,1-2H3;3-7,13,17H,8-12H2,1-2H3;4-7,14,17H,8-11H2,1-3H3;4-6,11,14,17H,7-10H2,1-3H3;4-7,13,17H,8-11H2,1-3H3. The average Bonchev–Trinajstić information content (AvgIpc) is 1.24. The number of nitrogens with two attached hydrogens (primary N) is 1. The van der Waals surface area contributed by atoms with Crippen molar-refractivity contribution in [3.05, 3.63) is 223 Å². The summed E-state index contributed by atoms with van der Waals surface area (Å²) in [7, 11) is 0. The molecule has 8 heterocycles. The van der Waals surface area contributed by atoms with Crippen LogP contribution >= 0.6 is 46.6 Å². The van der Waals surface area contributed by atoms with E-state index in [4.69, 9.17) is 87.9 Å². The van der Waals surface area contributed by atoms with Crippen molar-refractivity contribution in [2.45, 2.75) is 252 Å². The number of carbonyl (C=O) groups is 8. The Labute approximate surface area is 861 Å². The lowest BCUT2D eigenvalue weighted by molar-refractivity contribution is -0.165. The number of halogens is 3. The van der Waals surface area contributed by atoms with E-state index >= 15 is 0 Å². The van der Waals surface area contributed by atoms with E-state index in [1.165, 1.54) is 30.0 Å². The number of primary amides is 1. The molecule has 7 fully saturated rings. The molecule has 0 bridgehead atoms. The van der Waals surface area contributed by atoms with E-state index in [1.54, 1.807) is 36.4 Å². The van der Waals surface area contributed by atoms with Gasteiger partial charge in [-0.15, -0.1) is 11.8 Å². The number of hydrogen-bond donors (Lipinski definition) is 8. The van der Waals surface area contributed by atoms with Gasteiger partial charge in [0.1, 0.15) is 39.2 Å². The number of nitrogens with one attached hydrogen (secondary N) is 7. The Kier molecular flexibility index (Phi) is 45.7. The number of hydrogen-bond acceptors (Lipinski definition) is 26. The lowest BCUT2D eigenvalue weighted by Crippen LogP contribution is -2.43. The molecular formula is C112H155Cl3N8O18S. The maximum atomic E-state index is 12.4. The first kappa shape index (κ1) is 116. The summed E-state index contributed by atoms with van der Waals surface area (Å²) in [5.41, 5.74) is 8.24. The van der Waals surface area contributed by atoms with Crippen molar-refractivity contribution >= 4 is 94.3 Å². The number of esters is 7. The monoisotopic (exact) mass is 2040 g/mol. The van der Waals surface area contributed by atoms with Gasteiger partial charge in [-0.1, -0.05) is 119 Å². The topological polar surface area (TPSA) is 339 Å². The summed E-state index contributed by atoms with van der Waals surface area (Å²) in [6, 6.07) is 47.3. The van der Waals surface area contributed by atoms with Gasteiger partial charge in [-0.05, 0) is 390 Å². The molecule has 7 aromatic carbocycles. The van der Waals surface area contributed by atoms with Gasteiger partial charge in [-0.2, -0.15) is 0 Å². The number of aryl methyl sites for hydroxylation is 3. The zero-order valence-electron chi connectivity index (χ0n) is 86.4. The summed E-state index contributed by atoms with van der Waals surface area (Å²) in [6.45, 7) is 47.6. The predicted octanol–water partition coefficient (Wildman–Crippen LogP) is 20.3. The minimum absolute atomic E-state index is 0.123. The number of carbonyl (C=O) groups excluding carboxylic acids is 8. The molecule has 7 aromatic rings. The zero-order valence-corrected chi connectivity index (χ0v) is 89.5.